The van der Waals surface area contributed by atoms with Crippen LogP contribution in [0, 0.1) is 11.8 Å². The topological polar surface area (TPSA) is 56.7 Å². The molecule has 1 aromatic rings. The van der Waals surface area contributed by atoms with Crippen molar-refractivity contribution in [1.29, 1.82) is 0 Å². The van der Waals surface area contributed by atoms with E-state index in [0.29, 0.717) is 12.5 Å². The molecule has 1 aromatic heterocycles. The van der Waals surface area contributed by atoms with E-state index in [1.54, 1.807) is 12.3 Å². The summed E-state index contributed by atoms with van der Waals surface area (Å²) in [4.78, 5) is 21.5. The fourth-order valence-electron chi connectivity index (χ4n) is 3.98. The van der Waals surface area contributed by atoms with Crippen LogP contribution in [0.2, 0.25) is 0 Å². The number of aliphatic hydroxyl groups excluding tert-OH is 1. The van der Waals surface area contributed by atoms with E-state index in [2.05, 4.69) is 9.88 Å². The molecule has 5 heteroatoms. The van der Waals surface area contributed by atoms with E-state index in [-0.39, 0.29) is 18.4 Å². The highest BCUT2D eigenvalue weighted by molar-refractivity contribution is 5.94. The summed E-state index contributed by atoms with van der Waals surface area (Å²) >= 11 is 0. The first kappa shape index (κ1) is 17.4. The summed E-state index contributed by atoms with van der Waals surface area (Å²) < 4.78 is 0. The Morgan fingerprint density at radius 3 is 2.71 bits per heavy atom. The molecule has 2 fully saturated rings. The molecule has 2 aliphatic rings. The minimum absolute atomic E-state index is 0.0756. The normalized spacial score (nSPS) is 25.2. The highest BCUT2D eigenvalue weighted by atomic mass is 16.3. The first-order chi connectivity index (χ1) is 11.7. The monoisotopic (exact) mass is 331 g/mol. The molecule has 0 spiro atoms. The number of aryl methyl sites for hydroxylation is 1. The Balaban J connectivity index is 1.65. The minimum atomic E-state index is 0.0756. The zero-order valence-corrected chi connectivity index (χ0v) is 14.7. The van der Waals surface area contributed by atoms with Crippen LogP contribution in [0.15, 0.2) is 18.3 Å². The first-order valence-electron chi connectivity index (χ1n) is 9.28. The lowest BCUT2D eigenvalue weighted by Gasteiger charge is -2.30. The number of pyridine rings is 1. The van der Waals surface area contributed by atoms with Crippen LogP contribution in [-0.2, 0) is 6.42 Å². The number of piperidine rings is 1. The number of aromatic nitrogens is 1. The number of aliphatic hydroxyl groups is 1. The molecule has 24 heavy (non-hydrogen) atoms. The summed E-state index contributed by atoms with van der Waals surface area (Å²) in [7, 11) is 0. The third kappa shape index (κ3) is 3.95. The van der Waals surface area contributed by atoms with Crippen LogP contribution >= 0.6 is 0 Å². The van der Waals surface area contributed by atoms with Gasteiger partial charge in [0.1, 0.15) is 0 Å². The van der Waals surface area contributed by atoms with Crippen LogP contribution in [0.4, 0.5) is 0 Å². The Hall–Kier alpha value is -1.46. The molecule has 5 nitrogen and oxygen atoms in total. The van der Waals surface area contributed by atoms with Crippen molar-refractivity contribution in [3.05, 3.63) is 29.6 Å². The van der Waals surface area contributed by atoms with Crippen molar-refractivity contribution in [3.8, 4) is 0 Å². The molecule has 3 rings (SSSR count). The minimum Gasteiger partial charge on any atom is -0.396 e. The van der Waals surface area contributed by atoms with E-state index in [1.165, 1.54) is 19.3 Å². The van der Waals surface area contributed by atoms with Crippen LogP contribution < -0.4 is 0 Å². The lowest BCUT2D eigenvalue weighted by molar-refractivity contribution is 0.0778. The fourth-order valence-corrected chi connectivity index (χ4v) is 3.98. The zero-order valence-electron chi connectivity index (χ0n) is 14.7. The highest BCUT2D eigenvalue weighted by Gasteiger charge is 2.36. The lowest BCUT2D eigenvalue weighted by atomic mass is 9.95. The molecule has 2 saturated heterocycles. The summed E-state index contributed by atoms with van der Waals surface area (Å²) in [6.07, 6.45) is 6.43. The zero-order chi connectivity index (χ0) is 16.9. The summed E-state index contributed by atoms with van der Waals surface area (Å²) in [6.45, 7) is 6.95. The van der Waals surface area contributed by atoms with Crippen molar-refractivity contribution >= 4 is 5.91 Å². The van der Waals surface area contributed by atoms with Gasteiger partial charge in [0.2, 0.25) is 0 Å². The number of likely N-dealkylation sites (tertiary alicyclic amines) is 2. The largest absolute Gasteiger partial charge is 0.396 e. The molecule has 0 aliphatic carbocycles. The van der Waals surface area contributed by atoms with Crippen molar-refractivity contribution in [3.63, 3.8) is 0 Å². The molecule has 0 saturated carbocycles. The van der Waals surface area contributed by atoms with Gasteiger partial charge in [0.05, 0.1) is 0 Å². The lowest BCUT2D eigenvalue weighted by Crippen LogP contribution is -2.37. The van der Waals surface area contributed by atoms with Crippen molar-refractivity contribution in [2.45, 2.75) is 32.6 Å². The highest BCUT2D eigenvalue weighted by Crippen LogP contribution is 2.26. The summed E-state index contributed by atoms with van der Waals surface area (Å²) in [6, 6.07) is 3.70. The molecular formula is C19H29N3O2. The Morgan fingerprint density at radius 1 is 1.25 bits per heavy atom. The van der Waals surface area contributed by atoms with Crippen molar-refractivity contribution in [1.82, 2.24) is 14.8 Å². The van der Waals surface area contributed by atoms with Gasteiger partial charge in [0.25, 0.3) is 5.91 Å². The van der Waals surface area contributed by atoms with Gasteiger partial charge < -0.3 is 14.9 Å². The van der Waals surface area contributed by atoms with Gasteiger partial charge in [-0.2, -0.15) is 0 Å². The molecule has 0 radical (unpaired) electrons. The molecule has 1 amide bonds. The number of carbonyl (C=O) groups is 1. The molecule has 0 unspecified atom stereocenters. The molecule has 3 heterocycles. The van der Waals surface area contributed by atoms with Crippen molar-refractivity contribution in [2.75, 3.05) is 39.3 Å². The number of amides is 1. The third-order valence-electron chi connectivity index (χ3n) is 5.47. The second kappa shape index (κ2) is 8.08. The fraction of sp³-hybridized carbons (Fsp3) is 0.684. The standard InChI is InChI=1S/C19H29N3O2/c1-2-18-10-15(6-7-20-18)19(24)22-12-16(17(13-22)14-23)11-21-8-4-3-5-9-21/h6-7,10,16-17,23H,2-5,8-9,11-14H2,1H3/t16-,17-/m1/s1. The maximum atomic E-state index is 12.8. The number of hydrogen-bond donors (Lipinski definition) is 1. The summed E-state index contributed by atoms with van der Waals surface area (Å²) in [5.41, 5.74) is 1.67. The Bertz CT molecular complexity index is 557. The number of rotatable bonds is 5. The van der Waals surface area contributed by atoms with Crippen LogP contribution in [0.25, 0.3) is 0 Å². The maximum absolute atomic E-state index is 12.8. The van der Waals surface area contributed by atoms with Crippen LogP contribution in [0.1, 0.15) is 42.2 Å². The van der Waals surface area contributed by atoms with E-state index in [0.717, 1.165) is 43.9 Å². The van der Waals surface area contributed by atoms with Crippen LogP contribution in [0.3, 0.4) is 0 Å². The second-order valence-electron chi connectivity index (χ2n) is 7.16. The van der Waals surface area contributed by atoms with Crippen LogP contribution in [-0.4, -0.2) is 65.1 Å². The molecule has 1 N–H and O–H groups in total. The molecular weight excluding hydrogens is 302 g/mol. The third-order valence-corrected chi connectivity index (χ3v) is 5.47. The molecule has 0 bridgehead atoms. The summed E-state index contributed by atoms with van der Waals surface area (Å²) in [5.74, 6) is 0.652. The molecule has 2 aliphatic heterocycles. The van der Waals surface area contributed by atoms with Crippen molar-refractivity contribution in [2.24, 2.45) is 11.8 Å². The Labute approximate surface area is 144 Å². The van der Waals surface area contributed by atoms with E-state index in [4.69, 9.17) is 0 Å². The van der Waals surface area contributed by atoms with E-state index < -0.39 is 0 Å². The van der Waals surface area contributed by atoms with Crippen LogP contribution in [0.5, 0.6) is 0 Å². The first-order valence-corrected chi connectivity index (χ1v) is 9.28. The predicted molar refractivity (Wildman–Crippen MR) is 93.9 cm³/mol. The van der Waals surface area contributed by atoms with Crippen molar-refractivity contribution < 1.29 is 9.90 Å². The average Bonchev–Trinajstić information content (AvgIpc) is 3.04. The van der Waals surface area contributed by atoms with Gasteiger partial charge in [0.15, 0.2) is 0 Å². The number of hydrogen-bond acceptors (Lipinski definition) is 4. The second-order valence-corrected chi connectivity index (χ2v) is 7.16. The Kier molecular flexibility index (Phi) is 5.85. The molecule has 2 atom stereocenters. The van der Waals surface area contributed by atoms with Gasteiger partial charge in [-0.3, -0.25) is 9.78 Å². The van der Waals surface area contributed by atoms with Gasteiger partial charge >= 0.3 is 0 Å². The van der Waals surface area contributed by atoms with Gasteiger partial charge in [0, 0.05) is 49.6 Å². The summed E-state index contributed by atoms with van der Waals surface area (Å²) in [5, 5.41) is 9.75. The van der Waals surface area contributed by atoms with Gasteiger partial charge in [-0.15, -0.1) is 0 Å². The van der Waals surface area contributed by atoms with Gasteiger partial charge in [-0.05, 0) is 50.4 Å². The maximum Gasteiger partial charge on any atom is 0.253 e. The van der Waals surface area contributed by atoms with Gasteiger partial charge in [-0.1, -0.05) is 13.3 Å². The average molecular weight is 331 g/mol. The van der Waals surface area contributed by atoms with E-state index >= 15 is 0 Å². The number of nitrogens with zero attached hydrogens (tertiary/aromatic N) is 3. The number of carbonyl (C=O) groups excluding carboxylic acids is 1. The molecule has 132 valence electrons. The smallest absolute Gasteiger partial charge is 0.253 e. The molecule has 0 aromatic carbocycles. The van der Waals surface area contributed by atoms with E-state index in [9.17, 15) is 9.90 Å². The SMILES string of the molecule is CCc1cc(C(=O)N2C[C@@H](CN3CCCCC3)[C@@H](CO)C2)ccn1. The predicted octanol–water partition coefficient (Wildman–Crippen LogP) is 1.81. The Morgan fingerprint density at radius 2 is 2.00 bits per heavy atom. The van der Waals surface area contributed by atoms with Gasteiger partial charge in [-0.25, -0.2) is 0 Å². The quantitative estimate of drug-likeness (QED) is 0.894. The van der Waals surface area contributed by atoms with E-state index in [1.807, 2.05) is 17.9 Å².